The van der Waals surface area contributed by atoms with Crippen LogP contribution >= 0.6 is 0 Å². The maximum Gasteiger partial charge on any atom is 0.410 e. The molecule has 0 radical (unpaired) electrons. The van der Waals surface area contributed by atoms with Crippen molar-refractivity contribution in [1.82, 2.24) is 20.2 Å². The first-order valence-electron chi connectivity index (χ1n) is 10.9. The Hall–Kier alpha value is -3.51. The van der Waals surface area contributed by atoms with E-state index < -0.39 is 17.9 Å². The van der Waals surface area contributed by atoms with E-state index in [1.807, 2.05) is 6.92 Å². The van der Waals surface area contributed by atoms with Gasteiger partial charge in [-0.1, -0.05) is 0 Å². The summed E-state index contributed by atoms with van der Waals surface area (Å²) in [4.78, 5) is 36.8. The summed E-state index contributed by atoms with van der Waals surface area (Å²) < 4.78 is 25.5. The van der Waals surface area contributed by atoms with Crippen LogP contribution < -0.4 is 15.5 Å². The fourth-order valence-corrected chi connectivity index (χ4v) is 4.01. The number of aromatic nitrogens is 2. The average Bonchev–Trinajstić information content (AvgIpc) is 3.26. The molecule has 1 unspecified atom stereocenters. The first-order chi connectivity index (χ1) is 16.4. The molecule has 1 fully saturated rings. The molecule has 0 saturated carbocycles. The predicted molar refractivity (Wildman–Crippen MR) is 121 cm³/mol. The van der Waals surface area contributed by atoms with Gasteiger partial charge in [0.1, 0.15) is 11.6 Å². The van der Waals surface area contributed by atoms with Gasteiger partial charge in [-0.25, -0.2) is 23.9 Å². The van der Waals surface area contributed by atoms with Crippen molar-refractivity contribution >= 4 is 23.6 Å². The second-order valence-electron chi connectivity index (χ2n) is 8.04. The molecule has 11 nitrogen and oxygen atoms in total. The molecule has 12 heteroatoms. The third-order valence-corrected chi connectivity index (χ3v) is 5.70. The lowest BCUT2D eigenvalue weighted by Gasteiger charge is -2.35. The van der Waals surface area contributed by atoms with E-state index in [4.69, 9.17) is 19.6 Å². The molecule has 34 heavy (non-hydrogen) atoms. The van der Waals surface area contributed by atoms with E-state index >= 15 is 4.39 Å². The smallest absolute Gasteiger partial charge is 0.410 e. The molecule has 1 aromatic carbocycles. The van der Waals surface area contributed by atoms with Crippen LogP contribution in [0.25, 0.3) is 11.4 Å². The maximum atomic E-state index is 15.1. The van der Waals surface area contributed by atoms with Crippen molar-refractivity contribution in [2.24, 2.45) is 0 Å². The molecule has 1 saturated heterocycles. The molecular formula is C22H27FN6O5. The second kappa shape index (κ2) is 10.2. The fraction of sp³-hybridized carbons (Fsp3) is 0.455. The highest BCUT2D eigenvalue weighted by molar-refractivity contribution is 5.89. The van der Waals surface area contributed by atoms with Crippen LogP contribution in [0.2, 0.25) is 0 Å². The zero-order valence-electron chi connectivity index (χ0n) is 19.0. The van der Waals surface area contributed by atoms with E-state index in [1.165, 1.54) is 24.1 Å². The number of methoxy groups -OCH3 is 1. The van der Waals surface area contributed by atoms with Gasteiger partial charge in [0.15, 0.2) is 5.82 Å². The Morgan fingerprint density at radius 1 is 1.32 bits per heavy atom. The first-order valence-corrected chi connectivity index (χ1v) is 10.9. The predicted octanol–water partition coefficient (Wildman–Crippen LogP) is 1.70. The molecule has 2 aliphatic rings. The summed E-state index contributed by atoms with van der Waals surface area (Å²) in [5, 5.41) is 13.7. The van der Waals surface area contributed by atoms with Crippen LogP contribution in [0.5, 0.6) is 0 Å². The third-order valence-electron chi connectivity index (χ3n) is 5.70. The van der Waals surface area contributed by atoms with Crippen molar-refractivity contribution < 1.29 is 28.6 Å². The highest BCUT2D eigenvalue weighted by atomic mass is 19.1. The zero-order valence-corrected chi connectivity index (χ0v) is 19.0. The molecule has 4 rings (SSSR count). The monoisotopic (exact) mass is 474 g/mol. The number of rotatable bonds is 5. The van der Waals surface area contributed by atoms with Crippen molar-refractivity contribution in [1.29, 1.82) is 0 Å². The number of hydrogen-bond acceptors (Lipinski definition) is 8. The van der Waals surface area contributed by atoms with E-state index in [1.54, 1.807) is 6.07 Å². The van der Waals surface area contributed by atoms with Gasteiger partial charge < -0.3 is 30.1 Å². The summed E-state index contributed by atoms with van der Waals surface area (Å²) in [6.07, 6.45) is -0.471. The van der Waals surface area contributed by atoms with E-state index in [-0.39, 0.29) is 42.8 Å². The Morgan fingerprint density at radius 3 is 2.85 bits per heavy atom. The number of aliphatic hydroxyl groups excluding tert-OH is 1. The molecular weight excluding hydrogens is 447 g/mol. The van der Waals surface area contributed by atoms with Gasteiger partial charge in [0.05, 0.1) is 57.3 Å². The number of aliphatic hydroxyl groups is 1. The Labute approximate surface area is 195 Å². The standard InChI is InChI=1S/C22H27FN6O5/c1-13-12-34-8-6-29(13)20-16-10-28(22(32)33-2)11-18(16)26-19(27-20)15-4-3-14(9-17(15)23)25-21(31)24-5-7-30/h3-4,9,13,30H,5-8,10-12H2,1-2H3,(H2,24,25,31). The normalized spacial score (nSPS) is 17.4. The number of amides is 3. The summed E-state index contributed by atoms with van der Waals surface area (Å²) in [5.74, 6) is 0.226. The Morgan fingerprint density at radius 2 is 2.15 bits per heavy atom. The Balaban J connectivity index is 1.68. The molecule has 0 spiro atoms. The van der Waals surface area contributed by atoms with Crippen LogP contribution in [-0.2, 0) is 22.6 Å². The lowest BCUT2D eigenvalue weighted by atomic mass is 10.1. The molecule has 3 N–H and O–H groups in total. The van der Waals surface area contributed by atoms with Crippen LogP contribution in [0.15, 0.2) is 18.2 Å². The highest BCUT2D eigenvalue weighted by Crippen LogP contribution is 2.34. The molecule has 2 aromatic rings. The van der Waals surface area contributed by atoms with Crippen molar-refractivity contribution in [2.75, 3.05) is 50.2 Å². The minimum Gasteiger partial charge on any atom is -0.453 e. The number of fused-ring (bicyclic) bond motifs is 1. The molecule has 0 aliphatic carbocycles. The summed E-state index contributed by atoms with van der Waals surface area (Å²) in [6.45, 7) is 4.11. The van der Waals surface area contributed by atoms with Crippen molar-refractivity contribution in [3.63, 3.8) is 0 Å². The number of nitrogens with zero attached hydrogens (tertiary/aromatic N) is 4. The summed E-state index contributed by atoms with van der Waals surface area (Å²) >= 11 is 0. The van der Waals surface area contributed by atoms with Gasteiger partial charge in [0.25, 0.3) is 0 Å². The number of benzene rings is 1. The second-order valence-corrected chi connectivity index (χ2v) is 8.04. The largest absolute Gasteiger partial charge is 0.453 e. The third kappa shape index (κ3) is 4.87. The molecule has 1 aromatic heterocycles. The molecule has 3 heterocycles. The number of nitrogens with one attached hydrogen (secondary N) is 2. The molecule has 2 aliphatic heterocycles. The fourth-order valence-electron chi connectivity index (χ4n) is 4.01. The number of urea groups is 1. The van der Waals surface area contributed by atoms with E-state index in [9.17, 15) is 9.59 Å². The summed E-state index contributed by atoms with van der Waals surface area (Å²) in [5.41, 5.74) is 1.86. The molecule has 1 atom stereocenters. The van der Waals surface area contributed by atoms with Crippen LogP contribution in [0.1, 0.15) is 18.2 Å². The molecule has 182 valence electrons. The quantitative estimate of drug-likeness (QED) is 0.597. The van der Waals surface area contributed by atoms with Gasteiger partial charge in [-0.15, -0.1) is 0 Å². The molecule has 3 amide bonds. The SMILES string of the molecule is COC(=O)N1Cc2nc(-c3ccc(NC(=O)NCCO)cc3F)nc(N3CCOCC3C)c2C1. The van der Waals surface area contributed by atoms with Crippen LogP contribution in [0.3, 0.4) is 0 Å². The topological polar surface area (TPSA) is 129 Å². The minimum atomic E-state index is -0.608. The number of carbonyl (C=O) groups is 2. The lowest BCUT2D eigenvalue weighted by Crippen LogP contribution is -2.44. The van der Waals surface area contributed by atoms with Crippen LogP contribution in [-0.4, -0.2) is 78.2 Å². The van der Waals surface area contributed by atoms with Gasteiger partial charge in [-0.05, 0) is 25.1 Å². The number of anilines is 2. The van der Waals surface area contributed by atoms with Gasteiger partial charge in [-0.2, -0.15) is 0 Å². The number of morpholine rings is 1. The van der Waals surface area contributed by atoms with Crippen LogP contribution in [0.4, 0.5) is 25.5 Å². The van der Waals surface area contributed by atoms with Gasteiger partial charge >= 0.3 is 12.1 Å². The summed E-state index contributed by atoms with van der Waals surface area (Å²) in [7, 11) is 1.32. The number of ether oxygens (including phenoxy) is 2. The van der Waals surface area contributed by atoms with E-state index in [0.29, 0.717) is 37.8 Å². The highest BCUT2D eigenvalue weighted by Gasteiger charge is 2.33. The number of hydrogen-bond donors (Lipinski definition) is 3. The van der Waals surface area contributed by atoms with Gasteiger partial charge in [0, 0.05) is 24.3 Å². The Kier molecular flexibility index (Phi) is 7.08. The average molecular weight is 474 g/mol. The van der Waals surface area contributed by atoms with Gasteiger partial charge in [0.2, 0.25) is 0 Å². The Bertz CT molecular complexity index is 1080. The zero-order chi connectivity index (χ0) is 24.2. The van der Waals surface area contributed by atoms with E-state index in [0.717, 1.165) is 5.56 Å². The van der Waals surface area contributed by atoms with E-state index in [2.05, 4.69) is 20.5 Å². The van der Waals surface area contributed by atoms with Crippen molar-refractivity contribution in [3.05, 3.63) is 35.3 Å². The van der Waals surface area contributed by atoms with Crippen molar-refractivity contribution in [3.8, 4) is 11.4 Å². The summed E-state index contributed by atoms with van der Waals surface area (Å²) in [6, 6.07) is 3.72. The molecule has 0 bridgehead atoms. The number of carbonyl (C=O) groups excluding carboxylic acids is 2. The van der Waals surface area contributed by atoms with Gasteiger partial charge in [-0.3, -0.25) is 4.90 Å². The maximum absolute atomic E-state index is 15.1. The first kappa shape index (κ1) is 23.6. The van der Waals surface area contributed by atoms with Crippen molar-refractivity contribution in [2.45, 2.75) is 26.1 Å². The number of halogens is 1. The minimum absolute atomic E-state index is 0.0432. The van der Waals surface area contributed by atoms with Crippen LogP contribution in [0, 0.1) is 5.82 Å². The lowest BCUT2D eigenvalue weighted by molar-refractivity contribution is 0.0983.